The molecular weight excluding hydrogens is 308 g/mol. The van der Waals surface area contributed by atoms with E-state index in [0.29, 0.717) is 6.04 Å². The molecule has 2 aromatic rings. The highest BCUT2D eigenvalue weighted by Crippen LogP contribution is 2.24. The fourth-order valence-electron chi connectivity index (χ4n) is 3.91. The van der Waals surface area contributed by atoms with Gasteiger partial charge in [0.15, 0.2) is 0 Å². The van der Waals surface area contributed by atoms with E-state index in [1.54, 1.807) is 6.08 Å². The van der Waals surface area contributed by atoms with Crippen LogP contribution in [0.1, 0.15) is 23.1 Å². The van der Waals surface area contributed by atoms with Gasteiger partial charge in [-0.1, -0.05) is 54.6 Å². The third-order valence-corrected chi connectivity index (χ3v) is 5.37. The van der Waals surface area contributed by atoms with Crippen LogP contribution in [0.4, 0.5) is 0 Å². The Labute approximate surface area is 149 Å². The number of hydrogen-bond donors (Lipinski definition) is 0. The summed E-state index contributed by atoms with van der Waals surface area (Å²) in [4.78, 5) is 17.0. The molecule has 0 radical (unpaired) electrons. The Morgan fingerprint density at radius 2 is 1.72 bits per heavy atom. The number of fused-ring (bicyclic) bond motifs is 1. The van der Waals surface area contributed by atoms with Crippen LogP contribution in [0.3, 0.4) is 0 Å². The largest absolute Gasteiger partial charge is 0.338 e. The monoisotopic (exact) mass is 332 g/mol. The van der Waals surface area contributed by atoms with Crippen LogP contribution in [-0.2, 0) is 17.8 Å². The van der Waals surface area contributed by atoms with Crippen LogP contribution in [0.5, 0.6) is 0 Å². The van der Waals surface area contributed by atoms with Gasteiger partial charge in [-0.3, -0.25) is 9.69 Å². The molecule has 0 aliphatic carbocycles. The predicted octanol–water partition coefficient (Wildman–Crippen LogP) is 3.36. The average Bonchev–Trinajstić information content (AvgIpc) is 3.17. The van der Waals surface area contributed by atoms with Crippen molar-refractivity contribution in [1.29, 1.82) is 0 Å². The van der Waals surface area contributed by atoms with Gasteiger partial charge in [-0.15, -0.1) is 0 Å². The lowest BCUT2D eigenvalue weighted by Crippen LogP contribution is -2.41. The first-order chi connectivity index (χ1) is 12.3. The first-order valence-electron chi connectivity index (χ1n) is 9.12. The van der Waals surface area contributed by atoms with Gasteiger partial charge < -0.3 is 4.90 Å². The second kappa shape index (κ2) is 7.24. The molecule has 2 heterocycles. The topological polar surface area (TPSA) is 23.6 Å². The predicted molar refractivity (Wildman–Crippen MR) is 101 cm³/mol. The van der Waals surface area contributed by atoms with E-state index in [1.807, 2.05) is 41.3 Å². The maximum absolute atomic E-state index is 12.5. The highest BCUT2D eigenvalue weighted by atomic mass is 16.2. The Bertz CT molecular complexity index is 769. The number of hydrogen-bond acceptors (Lipinski definition) is 2. The van der Waals surface area contributed by atoms with Gasteiger partial charge in [0.1, 0.15) is 0 Å². The van der Waals surface area contributed by atoms with E-state index in [2.05, 4.69) is 29.2 Å². The second-order valence-corrected chi connectivity index (χ2v) is 6.96. The minimum atomic E-state index is 0.128. The molecule has 2 aliphatic heterocycles. The fourth-order valence-corrected chi connectivity index (χ4v) is 3.91. The number of amides is 1. The Kier molecular flexibility index (Phi) is 4.66. The summed E-state index contributed by atoms with van der Waals surface area (Å²) in [6, 6.07) is 19.2. The first kappa shape index (κ1) is 16.1. The number of carbonyl (C=O) groups excluding carboxylic acids is 1. The van der Waals surface area contributed by atoms with Gasteiger partial charge in [-0.25, -0.2) is 0 Å². The molecule has 0 aromatic heterocycles. The molecular formula is C22H24N2O. The summed E-state index contributed by atoms with van der Waals surface area (Å²) in [7, 11) is 0. The molecule has 1 fully saturated rings. The van der Waals surface area contributed by atoms with E-state index in [0.717, 1.165) is 44.6 Å². The van der Waals surface area contributed by atoms with Crippen molar-refractivity contribution in [1.82, 2.24) is 9.80 Å². The Morgan fingerprint density at radius 3 is 2.56 bits per heavy atom. The standard InChI is InChI=1S/C22H24N2O/c25-22(11-10-18-6-2-1-3-7-18)24-15-13-21(17-24)23-14-12-19-8-4-5-9-20(19)16-23/h1-11,21H,12-17H2/b11-10+/t21-/m1/s1. The zero-order valence-corrected chi connectivity index (χ0v) is 14.5. The van der Waals surface area contributed by atoms with Crippen LogP contribution in [0.25, 0.3) is 6.08 Å². The second-order valence-electron chi connectivity index (χ2n) is 6.96. The Hall–Kier alpha value is -2.39. The maximum atomic E-state index is 12.5. The van der Waals surface area contributed by atoms with Crippen LogP contribution in [0.2, 0.25) is 0 Å². The molecule has 1 atom stereocenters. The lowest BCUT2D eigenvalue weighted by Gasteiger charge is -2.33. The molecule has 128 valence electrons. The summed E-state index contributed by atoms with van der Waals surface area (Å²) in [5.41, 5.74) is 4.00. The molecule has 25 heavy (non-hydrogen) atoms. The first-order valence-corrected chi connectivity index (χ1v) is 9.12. The third-order valence-electron chi connectivity index (χ3n) is 5.37. The summed E-state index contributed by atoms with van der Waals surface area (Å²) < 4.78 is 0. The number of likely N-dealkylation sites (tertiary alicyclic amines) is 1. The van der Waals surface area contributed by atoms with Crippen molar-refractivity contribution < 1.29 is 4.79 Å². The fraction of sp³-hybridized carbons (Fsp3) is 0.318. The van der Waals surface area contributed by atoms with Crippen LogP contribution in [0, 0.1) is 0 Å². The minimum absolute atomic E-state index is 0.128. The van der Waals surface area contributed by atoms with E-state index in [-0.39, 0.29) is 5.91 Å². The summed E-state index contributed by atoms with van der Waals surface area (Å²) in [6.45, 7) is 3.83. The van der Waals surface area contributed by atoms with Crippen molar-refractivity contribution in [2.75, 3.05) is 19.6 Å². The van der Waals surface area contributed by atoms with Crippen molar-refractivity contribution in [3.63, 3.8) is 0 Å². The van der Waals surface area contributed by atoms with Crippen LogP contribution >= 0.6 is 0 Å². The third kappa shape index (κ3) is 3.67. The average molecular weight is 332 g/mol. The van der Waals surface area contributed by atoms with Crippen molar-refractivity contribution >= 4 is 12.0 Å². The van der Waals surface area contributed by atoms with Gasteiger partial charge in [0, 0.05) is 38.3 Å². The number of rotatable bonds is 3. The van der Waals surface area contributed by atoms with Gasteiger partial charge in [-0.2, -0.15) is 0 Å². The number of benzene rings is 2. The normalized spacial score (nSPS) is 20.8. The zero-order chi connectivity index (χ0) is 17.1. The summed E-state index contributed by atoms with van der Waals surface area (Å²) in [6.07, 6.45) is 5.82. The van der Waals surface area contributed by atoms with Crippen molar-refractivity contribution in [2.24, 2.45) is 0 Å². The minimum Gasteiger partial charge on any atom is -0.338 e. The molecule has 0 bridgehead atoms. The van der Waals surface area contributed by atoms with Crippen LogP contribution in [-0.4, -0.2) is 41.4 Å². The molecule has 1 saturated heterocycles. The molecule has 0 unspecified atom stereocenters. The van der Waals surface area contributed by atoms with Gasteiger partial charge in [0.2, 0.25) is 5.91 Å². The highest BCUT2D eigenvalue weighted by molar-refractivity contribution is 5.92. The number of carbonyl (C=O) groups is 1. The zero-order valence-electron chi connectivity index (χ0n) is 14.5. The molecule has 3 heteroatoms. The molecule has 0 spiro atoms. The molecule has 1 amide bonds. The Balaban J connectivity index is 1.35. The number of nitrogens with zero attached hydrogens (tertiary/aromatic N) is 2. The molecule has 0 N–H and O–H groups in total. The van der Waals surface area contributed by atoms with E-state index in [9.17, 15) is 4.79 Å². The van der Waals surface area contributed by atoms with E-state index >= 15 is 0 Å². The summed E-state index contributed by atoms with van der Waals surface area (Å²) >= 11 is 0. The van der Waals surface area contributed by atoms with Gasteiger partial charge >= 0.3 is 0 Å². The Morgan fingerprint density at radius 1 is 0.960 bits per heavy atom. The summed E-state index contributed by atoms with van der Waals surface area (Å²) in [5.74, 6) is 0.128. The van der Waals surface area contributed by atoms with Gasteiger partial charge in [-0.05, 0) is 35.6 Å². The van der Waals surface area contributed by atoms with Crippen molar-refractivity contribution in [2.45, 2.75) is 25.4 Å². The quantitative estimate of drug-likeness (QED) is 0.805. The summed E-state index contributed by atoms with van der Waals surface area (Å²) in [5, 5.41) is 0. The lowest BCUT2D eigenvalue weighted by molar-refractivity contribution is -0.125. The van der Waals surface area contributed by atoms with E-state index in [4.69, 9.17) is 0 Å². The highest BCUT2D eigenvalue weighted by Gasteiger charge is 2.31. The lowest BCUT2D eigenvalue weighted by atomic mass is 9.98. The maximum Gasteiger partial charge on any atom is 0.246 e. The smallest absolute Gasteiger partial charge is 0.246 e. The molecule has 2 aliphatic rings. The van der Waals surface area contributed by atoms with Gasteiger partial charge in [0.05, 0.1) is 0 Å². The van der Waals surface area contributed by atoms with E-state index < -0.39 is 0 Å². The SMILES string of the molecule is O=C(/C=C/c1ccccc1)N1CC[C@@H](N2CCc3ccccc3C2)C1. The molecule has 4 rings (SSSR count). The van der Waals surface area contributed by atoms with E-state index in [1.165, 1.54) is 11.1 Å². The molecule has 2 aromatic carbocycles. The van der Waals surface area contributed by atoms with Gasteiger partial charge in [0.25, 0.3) is 0 Å². The van der Waals surface area contributed by atoms with Crippen molar-refractivity contribution in [3.05, 3.63) is 77.4 Å². The molecule has 3 nitrogen and oxygen atoms in total. The van der Waals surface area contributed by atoms with Crippen molar-refractivity contribution in [3.8, 4) is 0 Å². The van der Waals surface area contributed by atoms with Crippen LogP contribution in [0.15, 0.2) is 60.7 Å². The van der Waals surface area contributed by atoms with Crippen LogP contribution < -0.4 is 0 Å². The molecule has 0 saturated carbocycles.